The number of carbonyl (C=O) groups is 2. The van der Waals surface area contributed by atoms with Gasteiger partial charge in [0.25, 0.3) is 0 Å². The van der Waals surface area contributed by atoms with Crippen LogP contribution in [-0.2, 0) is 4.79 Å². The minimum Gasteiger partial charge on any atom is -0.508 e. The molecule has 5 nitrogen and oxygen atoms in total. The highest BCUT2D eigenvalue weighted by Crippen LogP contribution is 2.26. The van der Waals surface area contributed by atoms with Crippen LogP contribution in [-0.4, -0.2) is 35.0 Å². The van der Waals surface area contributed by atoms with Gasteiger partial charge < -0.3 is 10.4 Å². The molecule has 0 radical (unpaired) electrons. The number of hydrogen-bond donors (Lipinski definition) is 3. The van der Waals surface area contributed by atoms with Crippen molar-refractivity contribution in [2.45, 2.75) is 23.2 Å². The van der Waals surface area contributed by atoms with Crippen LogP contribution in [0.2, 0.25) is 0 Å². The molecule has 0 bridgehead atoms. The summed E-state index contributed by atoms with van der Waals surface area (Å²) in [5.74, 6) is -0.710. The number of nitrogens with one attached hydrogen (secondary N) is 2. The van der Waals surface area contributed by atoms with Crippen LogP contribution in [0, 0.1) is 0 Å². The zero-order valence-electron chi connectivity index (χ0n) is 10.9. The van der Waals surface area contributed by atoms with E-state index in [1.165, 1.54) is 24.4 Å². The Bertz CT molecular complexity index is 523. The topological polar surface area (TPSA) is 78.4 Å². The van der Waals surface area contributed by atoms with Gasteiger partial charge in [-0.15, -0.1) is 11.8 Å². The Labute approximate surface area is 122 Å². The van der Waals surface area contributed by atoms with Gasteiger partial charge in [0.1, 0.15) is 12.3 Å². The number of thioether (sulfide) groups is 1. The Morgan fingerprint density at radius 1 is 1.38 bits per heavy atom. The van der Waals surface area contributed by atoms with E-state index in [4.69, 9.17) is 0 Å². The van der Waals surface area contributed by atoms with Crippen LogP contribution < -0.4 is 10.6 Å². The van der Waals surface area contributed by atoms with E-state index in [2.05, 4.69) is 0 Å². The van der Waals surface area contributed by atoms with Crippen LogP contribution in [0.4, 0.5) is 18.0 Å². The van der Waals surface area contributed by atoms with E-state index in [0.29, 0.717) is 4.90 Å². The van der Waals surface area contributed by atoms with Gasteiger partial charge in [0, 0.05) is 4.90 Å². The summed E-state index contributed by atoms with van der Waals surface area (Å²) < 4.78 is 35.6. The van der Waals surface area contributed by atoms with Gasteiger partial charge in [-0.05, 0) is 25.1 Å². The van der Waals surface area contributed by atoms with E-state index in [0.717, 1.165) is 11.8 Å². The molecule has 3 N–H and O–H groups in total. The highest BCUT2D eigenvalue weighted by atomic mass is 32.2. The largest absolute Gasteiger partial charge is 0.508 e. The zero-order valence-corrected chi connectivity index (χ0v) is 11.7. The minimum atomic E-state index is -4.54. The number of alkyl halides is 3. The first-order valence-corrected chi connectivity index (χ1v) is 6.66. The van der Waals surface area contributed by atoms with Gasteiger partial charge in [-0.3, -0.25) is 10.1 Å². The van der Waals surface area contributed by atoms with Crippen LogP contribution in [0.5, 0.6) is 5.75 Å². The molecular weight excluding hydrogens is 309 g/mol. The molecule has 0 aliphatic heterocycles. The lowest BCUT2D eigenvalue weighted by Gasteiger charge is -2.12. The number of phenols is 1. The van der Waals surface area contributed by atoms with Crippen molar-refractivity contribution in [3.8, 4) is 5.75 Å². The summed E-state index contributed by atoms with van der Waals surface area (Å²) in [6.45, 7) is -0.0265. The molecule has 0 spiro atoms. The van der Waals surface area contributed by atoms with Gasteiger partial charge in [0.15, 0.2) is 0 Å². The molecule has 1 aromatic carbocycles. The van der Waals surface area contributed by atoms with E-state index in [1.54, 1.807) is 12.1 Å². The highest BCUT2D eigenvalue weighted by molar-refractivity contribution is 8.00. The average molecular weight is 322 g/mol. The van der Waals surface area contributed by atoms with Gasteiger partial charge in [0.2, 0.25) is 5.91 Å². The van der Waals surface area contributed by atoms with Gasteiger partial charge in [0.05, 0.1) is 5.25 Å². The number of phenolic OH excluding ortho intramolecular Hbond substituents is 1. The standard InChI is InChI=1S/C12H13F3N2O3S/c1-7(21-9-4-2-3-8(18)5-9)10(19)17-11(20)16-6-12(13,14)15/h2-5,7,18H,6H2,1H3,(H2,16,17,19,20)/t7-/m0/s1. The number of aromatic hydroxyl groups is 1. The zero-order chi connectivity index (χ0) is 16.0. The lowest BCUT2D eigenvalue weighted by atomic mass is 10.3. The lowest BCUT2D eigenvalue weighted by Crippen LogP contribution is -2.45. The molecule has 0 unspecified atom stereocenters. The smallest absolute Gasteiger partial charge is 0.405 e. The van der Waals surface area contributed by atoms with E-state index in [-0.39, 0.29) is 5.75 Å². The normalized spacial score (nSPS) is 12.6. The third kappa shape index (κ3) is 6.89. The summed E-state index contributed by atoms with van der Waals surface area (Å²) in [5.41, 5.74) is 0. The van der Waals surface area contributed by atoms with Gasteiger partial charge in [-0.1, -0.05) is 6.07 Å². The molecular formula is C12H13F3N2O3S. The third-order valence-electron chi connectivity index (χ3n) is 2.19. The van der Waals surface area contributed by atoms with Gasteiger partial charge in [-0.25, -0.2) is 4.79 Å². The van der Waals surface area contributed by atoms with Crippen LogP contribution in [0.1, 0.15) is 6.92 Å². The summed E-state index contributed by atoms with van der Waals surface area (Å²) in [4.78, 5) is 23.3. The first kappa shape index (κ1) is 17.2. The molecule has 0 fully saturated rings. The third-order valence-corrected chi connectivity index (χ3v) is 3.28. The molecule has 0 saturated carbocycles. The second kappa shape index (κ2) is 7.21. The highest BCUT2D eigenvalue weighted by Gasteiger charge is 2.28. The second-order valence-corrected chi connectivity index (χ2v) is 5.46. The number of halogens is 3. The minimum absolute atomic E-state index is 0.0236. The number of carbonyl (C=O) groups excluding carboxylic acids is 2. The van der Waals surface area contributed by atoms with Crippen LogP contribution in [0.15, 0.2) is 29.2 Å². The van der Waals surface area contributed by atoms with Crippen molar-refractivity contribution in [3.05, 3.63) is 24.3 Å². The molecule has 0 aliphatic rings. The van der Waals surface area contributed by atoms with Crippen molar-refractivity contribution in [1.29, 1.82) is 0 Å². The summed E-state index contributed by atoms with van der Waals surface area (Å²) in [6, 6.07) is 4.91. The Morgan fingerprint density at radius 2 is 2.05 bits per heavy atom. The number of benzene rings is 1. The van der Waals surface area contributed by atoms with Crippen molar-refractivity contribution >= 4 is 23.7 Å². The summed E-state index contributed by atoms with van der Waals surface area (Å²) in [5, 5.41) is 11.9. The Hall–Kier alpha value is -1.90. The number of imide groups is 1. The second-order valence-electron chi connectivity index (χ2n) is 4.04. The van der Waals surface area contributed by atoms with Crippen molar-refractivity contribution in [3.63, 3.8) is 0 Å². The maximum atomic E-state index is 11.9. The molecule has 3 amide bonds. The van der Waals surface area contributed by atoms with Crippen LogP contribution in [0.3, 0.4) is 0 Å². The predicted molar refractivity (Wildman–Crippen MR) is 71.0 cm³/mol. The molecule has 0 heterocycles. The van der Waals surface area contributed by atoms with Crippen LogP contribution >= 0.6 is 11.8 Å². The summed E-state index contributed by atoms with van der Waals surface area (Å²) in [7, 11) is 0. The summed E-state index contributed by atoms with van der Waals surface area (Å²) in [6.07, 6.45) is -4.54. The van der Waals surface area contributed by atoms with E-state index in [9.17, 15) is 27.9 Å². The molecule has 0 aliphatic carbocycles. The Morgan fingerprint density at radius 3 is 2.62 bits per heavy atom. The molecule has 9 heteroatoms. The Kier molecular flexibility index (Phi) is 5.89. The quantitative estimate of drug-likeness (QED) is 0.743. The van der Waals surface area contributed by atoms with Crippen molar-refractivity contribution in [2.75, 3.05) is 6.54 Å². The molecule has 1 rings (SSSR count). The van der Waals surface area contributed by atoms with Gasteiger partial charge >= 0.3 is 12.2 Å². The first-order chi connectivity index (χ1) is 9.67. The number of urea groups is 1. The number of amides is 3. The monoisotopic (exact) mass is 322 g/mol. The molecule has 0 aromatic heterocycles. The number of hydrogen-bond acceptors (Lipinski definition) is 4. The average Bonchev–Trinajstić information content (AvgIpc) is 2.35. The molecule has 1 aromatic rings. The Balaban J connectivity index is 2.46. The van der Waals surface area contributed by atoms with Crippen LogP contribution in [0.25, 0.3) is 0 Å². The maximum absolute atomic E-state index is 11.9. The van der Waals surface area contributed by atoms with E-state index < -0.39 is 29.9 Å². The summed E-state index contributed by atoms with van der Waals surface area (Å²) >= 11 is 1.06. The van der Waals surface area contributed by atoms with E-state index >= 15 is 0 Å². The fraction of sp³-hybridized carbons (Fsp3) is 0.333. The molecule has 0 saturated heterocycles. The maximum Gasteiger partial charge on any atom is 0.405 e. The first-order valence-electron chi connectivity index (χ1n) is 5.78. The van der Waals surface area contributed by atoms with Crippen molar-refractivity contribution in [1.82, 2.24) is 10.6 Å². The molecule has 116 valence electrons. The number of rotatable bonds is 4. The predicted octanol–water partition coefficient (Wildman–Crippen LogP) is 2.26. The fourth-order valence-corrected chi connectivity index (χ4v) is 2.17. The van der Waals surface area contributed by atoms with E-state index in [1.807, 2.05) is 5.32 Å². The van der Waals surface area contributed by atoms with Gasteiger partial charge in [-0.2, -0.15) is 13.2 Å². The molecule has 1 atom stereocenters. The molecule has 21 heavy (non-hydrogen) atoms. The fourth-order valence-electron chi connectivity index (χ4n) is 1.25. The van der Waals surface area contributed by atoms with Crippen molar-refractivity contribution < 1.29 is 27.9 Å². The lowest BCUT2D eigenvalue weighted by molar-refractivity contribution is -0.124. The van der Waals surface area contributed by atoms with Crippen molar-refractivity contribution in [2.24, 2.45) is 0 Å². The SMILES string of the molecule is C[C@H](Sc1cccc(O)c1)C(=O)NC(=O)NCC(F)(F)F.